The summed E-state index contributed by atoms with van der Waals surface area (Å²) in [6.07, 6.45) is 2.96. The smallest absolute Gasteiger partial charge is 0.312 e. The zero-order chi connectivity index (χ0) is 11.5. The van der Waals surface area contributed by atoms with Crippen LogP contribution in [0.5, 0.6) is 0 Å². The zero-order valence-electron chi connectivity index (χ0n) is 8.77. The molecule has 0 bridgehead atoms. The van der Waals surface area contributed by atoms with Crippen LogP contribution in [0.25, 0.3) is 0 Å². The van der Waals surface area contributed by atoms with Crippen molar-refractivity contribution in [2.45, 2.75) is 12.8 Å². The molecule has 88 valence electrons. The summed E-state index contributed by atoms with van der Waals surface area (Å²) in [5, 5.41) is 2.50. The lowest BCUT2D eigenvalue weighted by molar-refractivity contribution is 0.236. The second-order valence-corrected chi connectivity index (χ2v) is 5.86. The van der Waals surface area contributed by atoms with Gasteiger partial charge in [0.25, 0.3) is 0 Å². The highest BCUT2D eigenvalue weighted by molar-refractivity contribution is 7.88. The second kappa shape index (κ2) is 4.80. The molecule has 1 aliphatic heterocycles. The van der Waals surface area contributed by atoms with E-state index >= 15 is 0 Å². The van der Waals surface area contributed by atoms with E-state index in [0.29, 0.717) is 19.6 Å². The van der Waals surface area contributed by atoms with E-state index in [9.17, 15) is 13.2 Å². The van der Waals surface area contributed by atoms with E-state index in [1.54, 1.807) is 0 Å². The van der Waals surface area contributed by atoms with Gasteiger partial charge in [0.05, 0.1) is 6.26 Å². The lowest BCUT2D eigenvalue weighted by Crippen LogP contribution is -2.44. The van der Waals surface area contributed by atoms with Gasteiger partial charge in [-0.3, -0.25) is 0 Å². The molecule has 3 N–H and O–H groups in total. The molecule has 2 amide bonds. The van der Waals surface area contributed by atoms with Crippen LogP contribution in [-0.2, 0) is 10.0 Å². The summed E-state index contributed by atoms with van der Waals surface area (Å²) < 4.78 is 24.0. The molecule has 15 heavy (non-hydrogen) atoms. The minimum Gasteiger partial charge on any atom is -0.352 e. The average molecular weight is 235 g/mol. The molecular formula is C8H17N3O3S. The first-order valence-corrected chi connectivity index (χ1v) is 6.73. The van der Waals surface area contributed by atoms with Crippen LogP contribution in [0, 0.1) is 5.92 Å². The molecule has 1 atom stereocenters. The van der Waals surface area contributed by atoms with Crippen LogP contribution < -0.4 is 11.1 Å². The summed E-state index contributed by atoms with van der Waals surface area (Å²) in [4.78, 5) is 10.5. The van der Waals surface area contributed by atoms with Crippen molar-refractivity contribution in [1.29, 1.82) is 0 Å². The number of amides is 2. The normalized spacial score (nSPS) is 23.7. The van der Waals surface area contributed by atoms with Crippen molar-refractivity contribution in [2.24, 2.45) is 11.7 Å². The fourth-order valence-electron chi connectivity index (χ4n) is 1.74. The maximum atomic E-state index is 11.3. The van der Waals surface area contributed by atoms with Gasteiger partial charge in [-0.05, 0) is 18.8 Å². The number of carbonyl (C=O) groups excluding carboxylic acids is 1. The molecule has 7 heteroatoms. The Morgan fingerprint density at radius 2 is 2.27 bits per heavy atom. The van der Waals surface area contributed by atoms with Crippen LogP contribution in [0.4, 0.5) is 4.79 Å². The fourth-order valence-corrected chi connectivity index (χ4v) is 2.68. The minimum absolute atomic E-state index is 0.168. The van der Waals surface area contributed by atoms with Crippen LogP contribution in [0.1, 0.15) is 12.8 Å². The number of urea groups is 1. The Kier molecular flexibility index (Phi) is 3.92. The molecule has 1 rings (SSSR count). The molecule has 1 fully saturated rings. The first-order chi connectivity index (χ1) is 6.89. The number of rotatable bonds is 3. The first-order valence-electron chi connectivity index (χ1n) is 4.88. The fraction of sp³-hybridized carbons (Fsp3) is 0.875. The number of hydrogen-bond donors (Lipinski definition) is 2. The molecule has 0 aromatic rings. The third-order valence-electron chi connectivity index (χ3n) is 2.52. The van der Waals surface area contributed by atoms with Crippen LogP contribution in [-0.4, -0.2) is 44.6 Å². The summed E-state index contributed by atoms with van der Waals surface area (Å²) in [5.74, 6) is 0.168. The van der Waals surface area contributed by atoms with Crippen LogP contribution >= 0.6 is 0 Å². The molecular weight excluding hydrogens is 218 g/mol. The maximum absolute atomic E-state index is 11.3. The number of primary amides is 1. The quantitative estimate of drug-likeness (QED) is 0.679. The van der Waals surface area contributed by atoms with Crippen LogP contribution in [0.15, 0.2) is 0 Å². The molecule has 0 spiro atoms. The third-order valence-corrected chi connectivity index (χ3v) is 3.79. The van der Waals surface area contributed by atoms with Gasteiger partial charge in [0, 0.05) is 19.6 Å². The van der Waals surface area contributed by atoms with Crippen molar-refractivity contribution in [2.75, 3.05) is 25.9 Å². The number of hydrogen-bond acceptors (Lipinski definition) is 3. The number of carbonyl (C=O) groups is 1. The Bertz CT molecular complexity index is 328. The van der Waals surface area contributed by atoms with E-state index in [0.717, 1.165) is 12.8 Å². The van der Waals surface area contributed by atoms with E-state index < -0.39 is 16.1 Å². The zero-order valence-corrected chi connectivity index (χ0v) is 9.59. The molecule has 1 unspecified atom stereocenters. The summed E-state index contributed by atoms with van der Waals surface area (Å²) in [5.41, 5.74) is 4.95. The minimum atomic E-state index is -3.11. The van der Waals surface area contributed by atoms with Gasteiger partial charge in [-0.2, -0.15) is 0 Å². The van der Waals surface area contributed by atoms with Crippen molar-refractivity contribution >= 4 is 16.1 Å². The van der Waals surface area contributed by atoms with E-state index in [4.69, 9.17) is 5.73 Å². The Hall–Kier alpha value is -0.820. The maximum Gasteiger partial charge on any atom is 0.312 e. The predicted octanol–water partition coefficient (Wildman–Crippen LogP) is -0.674. The topological polar surface area (TPSA) is 92.5 Å². The Balaban J connectivity index is 2.46. The number of nitrogens with one attached hydrogen (secondary N) is 1. The van der Waals surface area contributed by atoms with Crippen molar-refractivity contribution in [1.82, 2.24) is 9.62 Å². The summed E-state index contributed by atoms with van der Waals surface area (Å²) >= 11 is 0. The van der Waals surface area contributed by atoms with Crippen molar-refractivity contribution < 1.29 is 13.2 Å². The van der Waals surface area contributed by atoms with E-state index in [1.807, 2.05) is 0 Å². The summed E-state index contributed by atoms with van der Waals surface area (Å²) in [6.45, 7) is 1.49. The number of sulfonamides is 1. The van der Waals surface area contributed by atoms with Gasteiger partial charge in [0.2, 0.25) is 10.0 Å². The third kappa shape index (κ3) is 4.05. The molecule has 0 saturated carbocycles. The first kappa shape index (κ1) is 12.3. The van der Waals surface area contributed by atoms with E-state index in [2.05, 4.69) is 5.32 Å². The van der Waals surface area contributed by atoms with Gasteiger partial charge in [-0.25, -0.2) is 17.5 Å². The van der Waals surface area contributed by atoms with Gasteiger partial charge < -0.3 is 11.1 Å². The van der Waals surface area contributed by atoms with Gasteiger partial charge in [-0.15, -0.1) is 0 Å². The summed E-state index contributed by atoms with van der Waals surface area (Å²) in [6, 6.07) is -0.563. The molecule has 1 saturated heterocycles. The van der Waals surface area contributed by atoms with E-state index in [1.165, 1.54) is 10.6 Å². The number of nitrogens with zero attached hydrogens (tertiary/aromatic N) is 1. The van der Waals surface area contributed by atoms with E-state index in [-0.39, 0.29) is 5.92 Å². The lowest BCUT2D eigenvalue weighted by Gasteiger charge is -2.30. The Morgan fingerprint density at radius 1 is 1.60 bits per heavy atom. The highest BCUT2D eigenvalue weighted by Crippen LogP contribution is 2.17. The Labute approximate surface area is 89.9 Å². The molecule has 0 radical (unpaired) electrons. The standard InChI is InChI=1S/C8H17N3O3S/c1-15(13,14)11-4-2-3-7(6-11)5-10-8(9)12/h7H,2-6H2,1H3,(H3,9,10,12). The van der Waals surface area contributed by atoms with Crippen molar-refractivity contribution in [3.05, 3.63) is 0 Å². The highest BCUT2D eigenvalue weighted by atomic mass is 32.2. The van der Waals surface area contributed by atoms with Crippen molar-refractivity contribution in [3.63, 3.8) is 0 Å². The number of piperidine rings is 1. The predicted molar refractivity (Wildman–Crippen MR) is 56.7 cm³/mol. The lowest BCUT2D eigenvalue weighted by atomic mass is 10.00. The van der Waals surface area contributed by atoms with Crippen LogP contribution in [0.3, 0.4) is 0 Å². The van der Waals surface area contributed by atoms with Gasteiger partial charge >= 0.3 is 6.03 Å². The van der Waals surface area contributed by atoms with Crippen molar-refractivity contribution in [3.8, 4) is 0 Å². The summed E-state index contributed by atoms with van der Waals surface area (Å²) in [7, 11) is -3.11. The largest absolute Gasteiger partial charge is 0.352 e. The van der Waals surface area contributed by atoms with Crippen LogP contribution in [0.2, 0.25) is 0 Å². The molecule has 6 nitrogen and oxygen atoms in total. The van der Waals surface area contributed by atoms with Gasteiger partial charge in [0.1, 0.15) is 0 Å². The van der Waals surface area contributed by atoms with Gasteiger partial charge in [-0.1, -0.05) is 0 Å². The Morgan fingerprint density at radius 3 is 2.80 bits per heavy atom. The monoisotopic (exact) mass is 235 g/mol. The molecule has 0 aliphatic carbocycles. The second-order valence-electron chi connectivity index (χ2n) is 3.87. The molecule has 1 aliphatic rings. The van der Waals surface area contributed by atoms with Gasteiger partial charge in [0.15, 0.2) is 0 Å². The molecule has 1 heterocycles. The SMILES string of the molecule is CS(=O)(=O)N1CCCC(CNC(N)=O)C1. The molecule has 0 aromatic heterocycles. The highest BCUT2D eigenvalue weighted by Gasteiger charge is 2.25. The average Bonchev–Trinajstić information content (AvgIpc) is 2.14. The number of nitrogens with two attached hydrogens (primary N) is 1. The molecule has 0 aromatic carbocycles.